The van der Waals surface area contributed by atoms with Gasteiger partial charge < -0.3 is 4.43 Å². The zero-order valence-electron chi connectivity index (χ0n) is 18.5. The Bertz CT molecular complexity index is 610. The van der Waals surface area contributed by atoms with Crippen molar-refractivity contribution in [2.24, 2.45) is 5.92 Å². The summed E-state index contributed by atoms with van der Waals surface area (Å²) >= 11 is 3.56. The number of halogens is 1. The van der Waals surface area contributed by atoms with Crippen LogP contribution in [0.15, 0.2) is 40.6 Å². The standard InChI is InChI=1S/C22H39BrOSi2/c1-11-20(24-25(6,7)8)21(16-18-12-14-19(23)15-13-18)26(9,10)22(4,5)17(2)3/h11-15,17,21H,16H2,1-10H3/b20-11-. The SMILES string of the molecule is C/C=C(\O[Si](C)(C)C)C(Cc1ccc(Br)cc1)[Si](C)(C)C(C)(C)C(C)C. The smallest absolute Gasteiger partial charge is 0.241 e. The lowest BCUT2D eigenvalue weighted by Gasteiger charge is -2.49. The first-order valence-electron chi connectivity index (χ1n) is 9.82. The fourth-order valence-electron chi connectivity index (χ4n) is 3.45. The Hall–Kier alpha value is -0.326. The first-order valence-corrected chi connectivity index (χ1v) is 17.1. The summed E-state index contributed by atoms with van der Waals surface area (Å²) in [6.45, 7) is 23.8. The maximum absolute atomic E-state index is 6.63. The molecule has 148 valence electrons. The van der Waals surface area contributed by atoms with Crippen LogP contribution in [0.3, 0.4) is 0 Å². The molecule has 26 heavy (non-hydrogen) atoms. The minimum atomic E-state index is -1.69. The molecule has 1 rings (SSSR count). The van der Waals surface area contributed by atoms with Crippen LogP contribution in [0.4, 0.5) is 0 Å². The Morgan fingerprint density at radius 2 is 1.58 bits per heavy atom. The summed E-state index contributed by atoms with van der Waals surface area (Å²) in [5, 5.41) is 0.324. The van der Waals surface area contributed by atoms with Gasteiger partial charge in [-0.15, -0.1) is 0 Å². The molecule has 0 aliphatic carbocycles. The molecule has 4 heteroatoms. The average molecular weight is 456 g/mol. The van der Waals surface area contributed by atoms with Gasteiger partial charge in [0, 0.05) is 10.0 Å². The first kappa shape index (κ1) is 23.7. The van der Waals surface area contributed by atoms with Crippen LogP contribution < -0.4 is 0 Å². The number of rotatable bonds is 8. The molecule has 0 bridgehead atoms. The Labute approximate surface area is 172 Å². The van der Waals surface area contributed by atoms with E-state index in [0.717, 1.165) is 10.9 Å². The number of hydrogen-bond acceptors (Lipinski definition) is 1. The zero-order chi connectivity index (χ0) is 20.3. The van der Waals surface area contributed by atoms with Gasteiger partial charge in [0.25, 0.3) is 0 Å². The Balaban J connectivity index is 3.38. The minimum absolute atomic E-state index is 0.324. The Morgan fingerprint density at radius 1 is 1.08 bits per heavy atom. The molecule has 0 aliphatic rings. The van der Waals surface area contributed by atoms with Crippen molar-refractivity contribution >= 4 is 32.3 Å². The summed E-state index contributed by atoms with van der Waals surface area (Å²) < 4.78 is 7.77. The third-order valence-corrected chi connectivity index (χ3v) is 13.9. The number of hydrogen-bond donors (Lipinski definition) is 0. The van der Waals surface area contributed by atoms with Crippen molar-refractivity contribution in [2.75, 3.05) is 0 Å². The summed E-state index contributed by atoms with van der Waals surface area (Å²) in [5.41, 5.74) is 1.88. The van der Waals surface area contributed by atoms with Gasteiger partial charge in [-0.1, -0.05) is 74.9 Å². The highest BCUT2D eigenvalue weighted by Crippen LogP contribution is 2.53. The quantitative estimate of drug-likeness (QED) is 0.283. The second kappa shape index (κ2) is 8.79. The van der Waals surface area contributed by atoms with E-state index in [-0.39, 0.29) is 0 Å². The second-order valence-electron chi connectivity index (χ2n) is 9.89. The Morgan fingerprint density at radius 3 is 1.96 bits per heavy atom. The molecule has 1 unspecified atom stereocenters. The van der Waals surface area contributed by atoms with Gasteiger partial charge in [0.05, 0.1) is 13.8 Å². The van der Waals surface area contributed by atoms with E-state index in [1.165, 1.54) is 11.3 Å². The van der Waals surface area contributed by atoms with Crippen molar-refractivity contribution in [2.45, 2.75) is 84.4 Å². The highest BCUT2D eigenvalue weighted by atomic mass is 79.9. The molecular formula is C22H39BrOSi2. The predicted molar refractivity (Wildman–Crippen MR) is 126 cm³/mol. The summed E-state index contributed by atoms with van der Waals surface area (Å²) in [5.74, 6) is 1.89. The van der Waals surface area contributed by atoms with Crippen molar-refractivity contribution < 1.29 is 4.43 Å². The van der Waals surface area contributed by atoms with Crippen LogP contribution in [-0.2, 0) is 10.8 Å². The average Bonchev–Trinajstić information content (AvgIpc) is 2.50. The van der Waals surface area contributed by atoms with Gasteiger partial charge in [-0.25, -0.2) is 0 Å². The molecule has 0 aliphatic heterocycles. The number of benzene rings is 1. The minimum Gasteiger partial charge on any atom is -0.548 e. The lowest BCUT2D eigenvalue weighted by atomic mass is 9.99. The summed E-state index contributed by atoms with van der Waals surface area (Å²) in [6, 6.07) is 8.82. The van der Waals surface area contributed by atoms with Gasteiger partial charge >= 0.3 is 0 Å². The zero-order valence-corrected chi connectivity index (χ0v) is 22.1. The van der Waals surface area contributed by atoms with Gasteiger partial charge in [0.15, 0.2) is 0 Å². The van der Waals surface area contributed by atoms with Crippen LogP contribution in [-0.4, -0.2) is 16.4 Å². The van der Waals surface area contributed by atoms with Crippen molar-refractivity contribution in [1.82, 2.24) is 0 Å². The van der Waals surface area contributed by atoms with Gasteiger partial charge in [-0.05, 0) is 61.6 Å². The van der Waals surface area contributed by atoms with Crippen molar-refractivity contribution in [1.29, 1.82) is 0 Å². The fourth-order valence-corrected chi connectivity index (χ4v) is 8.86. The normalized spacial score (nSPS) is 15.3. The molecule has 0 spiro atoms. The van der Waals surface area contributed by atoms with E-state index in [2.05, 4.69) is 114 Å². The summed E-state index contributed by atoms with van der Waals surface area (Å²) in [4.78, 5) is 0. The van der Waals surface area contributed by atoms with Crippen molar-refractivity contribution in [3.05, 3.63) is 46.1 Å². The molecule has 0 amide bonds. The van der Waals surface area contributed by atoms with Crippen LogP contribution in [0.2, 0.25) is 43.3 Å². The lowest BCUT2D eigenvalue weighted by molar-refractivity contribution is 0.382. The van der Waals surface area contributed by atoms with E-state index in [4.69, 9.17) is 4.43 Å². The van der Waals surface area contributed by atoms with Crippen LogP contribution in [0.25, 0.3) is 0 Å². The fraction of sp³-hybridized carbons (Fsp3) is 0.636. The second-order valence-corrected chi connectivity index (χ2v) is 20.7. The summed E-state index contributed by atoms with van der Waals surface area (Å²) in [6.07, 6.45) is 3.31. The van der Waals surface area contributed by atoms with Crippen LogP contribution in [0, 0.1) is 5.92 Å². The predicted octanol–water partition coefficient (Wildman–Crippen LogP) is 8.26. The highest BCUT2D eigenvalue weighted by Gasteiger charge is 2.48. The highest BCUT2D eigenvalue weighted by molar-refractivity contribution is 9.10. The van der Waals surface area contributed by atoms with E-state index >= 15 is 0 Å². The largest absolute Gasteiger partial charge is 0.548 e. The molecule has 1 aromatic rings. The van der Waals surface area contributed by atoms with Gasteiger partial charge in [0.2, 0.25) is 8.32 Å². The molecule has 0 aromatic heterocycles. The van der Waals surface area contributed by atoms with E-state index in [0.29, 0.717) is 16.5 Å². The first-order chi connectivity index (χ1) is 11.7. The molecule has 1 nitrogen and oxygen atoms in total. The molecule has 1 atom stereocenters. The maximum atomic E-state index is 6.63. The van der Waals surface area contributed by atoms with Crippen LogP contribution in [0.5, 0.6) is 0 Å². The topological polar surface area (TPSA) is 9.23 Å². The molecule has 0 heterocycles. The Kier molecular flexibility index (Phi) is 8.01. The third-order valence-electron chi connectivity index (χ3n) is 6.38. The van der Waals surface area contributed by atoms with Crippen molar-refractivity contribution in [3.63, 3.8) is 0 Å². The van der Waals surface area contributed by atoms with Crippen LogP contribution >= 0.6 is 15.9 Å². The summed E-state index contributed by atoms with van der Waals surface area (Å²) in [7, 11) is -3.34. The third kappa shape index (κ3) is 5.83. The molecule has 0 radical (unpaired) electrons. The molecule has 0 fully saturated rings. The van der Waals surface area contributed by atoms with Gasteiger partial charge in [0.1, 0.15) is 0 Å². The van der Waals surface area contributed by atoms with E-state index in [1.54, 1.807) is 0 Å². The van der Waals surface area contributed by atoms with Gasteiger partial charge in [-0.2, -0.15) is 0 Å². The van der Waals surface area contributed by atoms with E-state index in [1.807, 2.05) is 0 Å². The maximum Gasteiger partial charge on any atom is 0.241 e. The van der Waals surface area contributed by atoms with E-state index < -0.39 is 16.4 Å². The van der Waals surface area contributed by atoms with E-state index in [9.17, 15) is 0 Å². The van der Waals surface area contributed by atoms with Gasteiger partial charge in [-0.3, -0.25) is 0 Å². The number of allylic oxidation sites excluding steroid dienone is 2. The molecule has 0 saturated heterocycles. The van der Waals surface area contributed by atoms with Crippen molar-refractivity contribution in [3.8, 4) is 0 Å². The van der Waals surface area contributed by atoms with Crippen LogP contribution in [0.1, 0.15) is 40.2 Å². The molecule has 1 aromatic carbocycles. The lowest BCUT2D eigenvalue weighted by Crippen LogP contribution is -2.48. The monoisotopic (exact) mass is 454 g/mol. The molecule has 0 saturated carbocycles. The molecule has 0 N–H and O–H groups in total. The molecular weight excluding hydrogens is 416 g/mol.